The summed E-state index contributed by atoms with van der Waals surface area (Å²) < 4.78 is 3.64. The number of nitrogens with one attached hydrogen (secondary N) is 3. The molecule has 0 bridgehead atoms. The van der Waals surface area contributed by atoms with Crippen LogP contribution in [-0.2, 0) is 9.53 Å². The number of methoxy groups -OCH3 is 1. The Morgan fingerprint density at radius 1 is 0.861 bits per heavy atom. The van der Waals surface area contributed by atoms with Crippen molar-refractivity contribution < 1.29 is 14.3 Å². The quantitative estimate of drug-likeness (QED) is 0.189. The van der Waals surface area contributed by atoms with Crippen LogP contribution in [0.5, 0.6) is 0 Å². The zero-order chi connectivity index (χ0) is 26.0. The summed E-state index contributed by atoms with van der Waals surface area (Å²) in [5, 5.41) is 9.67. The standard InChI is InChI=1S/C25H20Cl5N3O3/c1-36-12-31-16-2-4-17(5-3-16)32-23(34)19-11-18(6-7-20(19)28)33-24(35)22-21(25(22,29)30)13-8-14(26)10-15(27)9-13/h2-11,21-22,31H,12H2,1H3,(H,32,34)(H,33,35). The van der Waals surface area contributed by atoms with E-state index in [4.69, 9.17) is 62.7 Å². The first-order chi connectivity index (χ1) is 17.1. The van der Waals surface area contributed by atoms with Crippen molar-refractivity contribution in [2.75, 3.05) is 29.8 Å². The molecule has 1 fully saturated rings. The number of ether oxygens (including phenoxy) is 1. The van der Waals surface area contributed by atoms with E-state index in [2.05, 4.69) is 16.0 Å². The van der Waals surface area contributed by atoms with Crippen LogP contribution in [0.25, 0.3) is 0 Å². The highest BCUT2D eigenvalue weighted by Crippen LogP contribution is 2.65. The highest BCUT2D eigenvalue weighted by molar-refractivity contribution is 6.53. The average Bonchev–Trinajstić information content (AvgIpc) is 3.41. The third-order valence-electron chi connectivity index (χ3n) is 5.62. The first kappa shape index (κ1) is 26.9. The smallest absolute Gasteiger partial charge is 0.257 e. The van der Waals surface area contributed by atoms with Gasteiger partial charge in [-0.05, 0) is 66.2 Å². The molecule has 2 atom stereocenters. The van der Waals surface area contributed by atoms with Crippen molar-refractivity contribution in [3.05, 3.63) is 86.9 Å². The number of hydrogen-bond acceptors (Lipinski definition) is 4. The molecule has 4 rings (SSSR count). The van der Waals surface area contributed by atoms with E-state index in [0.717, 1.165) is 5.69 Å². The van der Waals surface area contributed by atoms with Crippen LogP contribution >= 0.6 is 58.0 Å². The zero-order valence-electron chi connectivity index (χ0n) is 18.7. The largest absolute Gasteiger partial charge is 0.365 e. The average molecular weight is 588 g/mol. The number of rotatable bonds is 8. The molecule has 0 radical (unpaired) electrons. The molecule has 188 valence electrons. The van der Waals surface area contributed by atoms with E-state index in [-0.39, 0.29) is 10.6 Å². The Hall–Kier alpha value is -2.19. The molecule has 1 aliphatic carbocycles. The molecule has 0 spiro atoms. The van der Waals surface area contributed by atoms with Crippen LogP contribution in [0.1, 0.15) is 21.8 Å². The maximum Gasteiger partial charge on any atom is 0.257 e. The fraction of sp³-hybridized carbons (Fsp3) is 0.200. The van der Waals surface area contributed by atoms with Gasteiger partial charge in [0.25, 0.3) is 5.91 Å². The van der Waals surface area contributed by atoms with Gasteiger partial charge in [-0.15, -0.1) is 23.2 Å². The van der Waals surface area contributed by atoms with Crippen LogP contribution in [0.2, 0.25) is 15.1 Å². The van der Waals surface area contributed by atoms with Gasteiger partial charge in [0.05, 0.1) is 16.5 Å². The van der Waals surface area contributed by atoms with E-state index in [0.29, 0.717) is 33.7 Å². The van der Waals surface area contributed by atoms with Crippen molar-refractivity contribution in [1.82, 2.24) is 0 Å². The van der Waals surface area contributed by atoms with Crippen LogP contribution in [0.3, 0.4) is 0 Å². The predicted molar refractivity (Wildman–Crippen MR) is 147 cm³/mol. The van der Waals surface area contributed by atoms with Gasteiger partial charge in [0.1, 0.15) is 11.1 Å². The van der Waals surface area contributed by atoms with E-state index in [9.17, 15) is 9.59 Å². The van der Waals surface area contributed by atoms with Crippen LogP contribution in [0, 0.1) is 5.92 Å². The summed E-state index contributed by atoms with van der Waals surface area (Å²) in [6.07, 6.45) is 0. The number of carbonyl (C=O) groups is 2. The molecule has 3 N–H and O–H groups in total. The lowest BCUT2D eigenvalue weighted by Crippen LogP contribution is -2.18. The van der Waals surface area contributed by atoms with Crippen molar-refractivity contribution in [1.29, 1.82) is 0 Å². The normalized spacial score (nSPS) is 17.8. The molecule has 2 amide bonds. The Balaban J connectivity index is 1.45. The van der Waals surface area contributed by atoms with Gasteiger partial charge in [-0.3, -0.25) is 9.59 Å². The molecule has 36 heavy (non-hydrogen) atoms. The van der Waals surface area contributed by atoms with Gasteiger partial charge in [0.15, 0.2) is 0 Å². The number of benzene rings is 3. The summed E-state index contributed by atoms with van der Waals surface area (Å²) in [7, 11) is 1.59. The minimum atomic E-state index is -1.32. The molecular formula is C25H20Cl5N3O3. The second kappa shape index (κ2) is 11.1. The fourth-order valence-electron chi connectivity index (χ4n) is 3.84. The van der Waals surface area contributed by atoms with Gasteiger partial charge >= 0.3 is 0 Å². The van der Waals surface area contributed by atoms with E-state index >= 15 is 0 Å². The monoisotopic (exact) mass is 585 g/mol. The Morgan fingerprint density at radius 2 is 1.47 bits per heavy atom. The van der Waals surface area contributed by atoms with Gasteiger partial charge < -0.3 is 20.7 Å². The molecular weight excluding hydrogens is 568 g/mol. The Morgan fingerprint density at radius 3 is 2.11 bits per heavy atom. The SMILES string of the molecule is COCNc1ccc(NC(=O)c2cc(NC(=O)C3C(c4cc(Cl)cc(Cl)c4)C3(Cl)Cl)ccc2Cl)cc1. The van der Waals surface area contributed by atoms with Crippen LogP contribution in [0.4, 0.5) is 17.1 Å². The summed E-state index contributed by atoms with van der Waals surface area (Å²) in [5.74, 6) is -2.08. The number of amides is 2. The molecule has 1 aliphatic rings. The van der Waals surface area contributed by atoms with Crippen LogP contribution in [-0.4, -0.2) is 30.0 Å². The number of halogens is 5. The summed E-state index contributed by atoms with van der Waals surface area (Å²) >= 11 is 31.3. The molecule has 2 unspecified atom stereocenters. The summed E-state index contributed by atoms with van der Waals surface area (Å²) in [6.45, 7) is 0.364. The first-order valence-corrected chi connectivity index (χ1v) is 12.6. The molecule has 3 aromatic carbocycles. The molecule has 11 heteroatoms. The van der Waals surface area contributed by atoms with Crippen molar-refractivity contribution in [2.24, 2.45) is 5.92 Å². The highest BCUT2D eigenvalue weighted by Gasteiger charge is 2.67. The van der Waals surface area contributed by atoms with Crippen molar-refractivity contribution in [2.45, 2.75) is 10.3 Å². The van der Waals surface area contributed by atoms with Crippen LogP contribution in [0.15, 0.2) is 60.7 Å². The second-order valence-corrected chi connectivity index (χ2v) is 10.9. The Bertz CT molecular complexity index is 1280. The van der Waals surface area contributed by atoms with Gasteiger partial charge in [-0.2, -0.15) is 0 Å². The fourth-order valence-corrected chi connectivity index (χ4v) is 5.42. The molecule has 6 nitrogen and oxygen atoms in total. The topological polar surface area (TPSA) is 79.5 Å². The number of alkyl halides is 2. The molecule has 0 aromatic heterocycles. The lowest BCUT2D eigenvalue weighted by atomic mass is 10.1. The molecule has 0 saturated heterocycles. The van der Waals surface area contributed by atoms with E-state index in [1.165, 1.54) is 12.1 Å². The Labute approximate surface area is 233 Å². The maximum atomic E-state index is 13.0. The van der Waals surface area contributed by atoms with Crippen molar-refractivity contribution in [3.8, 4) is 0 Å². The van der Waals surface area contributed by atoms with Crippen LogP contribution < -0.4 is 16.0 Å². The van der Waals surface area contributed by atoms with Crippen molar-refractivity contribution in [3.63, 3.8) is 0 Å². The first-order valence-electron chi connectivity index (χ1n) is 10.7. The van der Waals surface area contributed by atoms with E-state index in [1.807, 2.05) is 0 Å². The summed E-state index contributed by atoms with van der Waals surface area (Å²) in [4.78, 5) is 25.9. The van der Waals surface area contributed by atoms with Gasteiger partial charge in [0, 0.05) is 40.1 Å². The lowest BCUT2D eigenvalue weighted by Gasteiger charge is -2.11. The lowest BCUT2D eigenvalue weighted by molar-refractivity contribution is -0.117. The van der Waals surface area contributed by atoms with E-state index < -0.39 is 28.0 Å². The second-order valence-electron chi connectivity index (χ2n) is 8.16. The van der Waals surface area contributed by atoms with Gasteiger partial charge in [0.2, 0.25) is 5.91 Å². The third kappa shape index (κ3) is 6.02. The summed E-state index contributed by atoms with van der Waals surface area (Å²) in [5.41, 5.74) is 2.63. The predicted octanol–water partition coefficient (Wildman–Crippen LogP) is 7.44. The van der Waals surface area contributed by atoms with Crippen molar-refractivity contribution >= 4 is 86.9 Å². The zero-order valence-corrected chi connectivity index (χ0v) is 22.5. The number of hydrogen-bond donors (Lipinski definition) is 3. The molecule has 0 heterocycles. The maximum absolute atomic E-state index is 13.0. The molecule has 0 aliphatic heterocycles. The number of carbonyl (C=O) groups excluding carboxylic acids is 2. The highest BCUT2D eigenvalue weighted by atomic mass is 35.5. The van der Waals surface area contributed by atoms with Gasteiger partial charge in [-0.1, -0.05) is 34.8 Å². The minimum Gasteiger partial charge on any atom is -0.365 e. The molecule has 1 saturated carbocycles. The third-order valence-corrected chi connectivity index (χ3v) is 7.33. The van der Waals surface area contributed by atoms with Gasteiger partial charge in [-0.25, -0.2) is 0 Å². The molecule has 3 aromatic rings. The summed E-state index contributed by atoms with van der Waals surface area (Å²) in [6, 6.07) is 16.6. The Kier molecular flexibility index (Phi) is 8.25. The minimum absolute atomic E-state index is 0.188. The van der Waals surface area contributed by atoms with E-state index in [1.54, 1.807) is 55.6 Å². The number of anilines is 3.